The van der Waals surface area contributed by atoms with Crippen LogP contribution in [0.15, 0.2) is 24.3 Å². The van der Waals surface area contributed by atoms with Crippen molar-refractivity contribution in [2.24, 2.45) is 5.73 Å². The number of primary amides is 1. The highest BCUT2D eigenvalue weighted by Crippen LogP contribution is 2.21. The second kappa shape index (κ2) is 5.84. The van der Waals surface area contributed by atoms with Gasteiger partial charge in [0.2, 0.25) is 11.8 Å². The fourth-order valence-corrected chi connectivity index (χ4v) is 2.52. The summed E-state index contributed by atoms with van der Waals surface area (Å²) in [5.74, 6) is -0.344. The Balaban J connectivity index is 2.06. The lowest BCUT2D eigenvalue weighted by Gasteiger charge is -2.22. The molecule has 2 rings (SSSR count). The molecular formula is C14H19N3O2. The summed E-state index contributed by atoms with van der Waals surface area (Å²) in [5, 5.41) is 2.75. The molecule has 1 aromatic rings. The van der Waals surface area contributed by atoms with E-state index in [1.54, 1.807) is 0 Å². The number of hydrogen-bond acceptors (Lipinski definition) is 3. The van der Waals surface area contributed by atoms with E-state index in [-0.39, 0.29) is 17.9 Å². The fourth-order valence-electron chi connectivity index (χ4n) is 2.52. The SMILES string of the molecule is CC(=O)Nc1cccc(CN2CCCC2C(N)=O)c1. The van der Waals surface area contributed by atoms with E-state index >= 15 is 0 Å². The van der Waals surface area contributed by atoms with Gasteiger partial charge in [0.15, 0.2) is 0 Å². The Labute approximate surface area is 112 Å². The monoisotopic (exact) mass is 261 g/mol. The highest BCUT2D eigenvalue weighted by molar-refractivity contribution is 5.88. The summed E-state index contributed by atoms with van der Waals surface area (Å²) < 4.78 is 0. The summed E-state index contributed by atoms with van der Waals surface area (Å²) >= 11 is 0. The van der Waals surface area contributed by atoms with Gasteiger partial charge in [0.05, 0.1) is 6.04 Å². The lowest BCUT2D eigenvalue weighted by molar-refractivity contribution is -0.122. The van der Waals surface area contributed by atoms with Crippen molar-refractivity contribution in [1.82, 2.24) is 4.90 Å². The van der Waals surface area contributed by atoms with Gasteiger partial charge in [0.25, 0.3) is 0 Å². The molecule has 1 heterocycles. The molecule has 19 heavy (non-hydrogen) atoms. The van der Waals surface area contributed by atoms with Crippen LogP contribution in [-0.2, 0) is 16.1 Å². The molecule has 1 aliphatic heterocycles. The minimum absolute atomic E-state index is 0.0895. The Hall–Kier alpha value is -1.88. The molecule has 1 aliphatic rings. The van der Waals surface area contributed by atoms with E-state index in [2.05, 4.69) is 10.2 Å². The Morgan fingerprint density at radius 2 is 2.26 bits per heavy atom. The molecule has 1 saturated heterocycles. The van der Waals surface area contributed by atoms with Crippen molar-refractivity contribution in [2.45, 2.75) is 32.4 Å². The van der Waals surface area contributed by atoms with Crippen LogP contribution in [0.4, 0.5) is 5.69 Å². The van der Waals surface area contributed by atoms with Gasteiger partial charge in [-0.15, -0.1) is 0 Å². The normalized spacial score (nSPS) is 19.3. The maximum Gasteiger partial charge on any atom is 0.234 e. The van der Waals surface area contributed by atoms with Gasteiger partial charge < -0.3 is 11.1 Å². The molecule has 0 saturated carbocycles. The van der Waals surface area contributed by atoms with Crippen LogP contribution in [0.25, 0.3) is 0 Å². The van der Waals surface area contributed by atoms with E-state index in [0.717, 1.165) is 30.6 Å². The third-order valence-corrected chi connectivity index (χ3v) is 3.33. The number of carbonyl (C=O) groups excluding carboxylic acids is 2. The van der Waals surface area contributed by atoms with Crippen LogP contribution in [0.1, 0.15) is 25.3 Å². The van der Waals surface area contributed by atoms with Gasteiger partial charge >= 0.3 is 0 Å². The van der Waals surface area contributed by atoms with Gasteiger partial charge in [-0.1, -0.05) is 12.1 Å². The Morgan fingerprint density at radius 1 is 1.47 bits per heavy atom. The lowest BCUT2D eigenvalue weighted by atomic mass is 10.1. The first-order valence-corrected chi connectivity index (χ1v) is 6.46. The zero-order chi connectivity index (χ0) is 13.8. The van der Waals surface area contributed by atoms with Gasteiger partial charge in [-0.2, -0.15) is 0 Å². The molecule has 0 spiro atoms. The Bertz CT molecular complexity index is 487. The standard InChI is InChI=1S/C14H19N3O2/c1-10(18)16-12-5-2-4-11(8-12)9-17-7-3-6-13(17)14(15)19/h2,4-5,8,13H,3,6-7,9H2,1H3,(H2,15,19)(H,16,18). The first-order valence-electron chi connectivity index (χ1n) is 6.46. The molecule has 0 aromatic heterocycles. The van der Waals surface area contributed by atoms with Crippen LogP contribution in [0.3, 0.4) is 0 Å². The van der Waals surface area contributed by atoms with Crippen molar-refractivity contribution in [3.8, 4) is 0 Å². The van der Waals surface area contributed by atoms with E-state index in [1.165, 1.54) is 6.92 Å². The molecule has 1 aromatic carbocycles. The second-order valence-electron chi connectivity index (χ2n) is 4.91. The van der Waals surface area contributed by atoms with Crippen molar-refractivity contribution in [3.05, 3.63) is 29.8 Å². The van der Waals surface area contributed by atoms with Crippen molar-refractivity contribution in [3.63, 3.8) is 0 Å². The third kappa shape index (κ3) is 3.54. The average molecular weight is 261 g/mol. The first kappa shape index (κ1) is 13.5. The number of carbonyl (C=O) groups is 2. The highest BCUT2D eigenvalue weighted by Gasteiger charge is 2.28. The third-order valence-electron chi connectivity index (χ3n) is 3.33. The molecule has 102 valence electrons. The number of rotatable bonds is 4. The molecule has 1 atom stereocenters. The van der Waals surface area contributed by atoms with Gasteiger partial charge in [-0.25, -0.2) is 0 Å². The summed E-state index contributed by atoms with van der Waals surface area (Å²) in [5.41, 5.74) is 7.25. The van der Waals surface area contributed by atoms with E-state index in [9.17, 15) is 9.59 Å². The molecule has 5 heteroatoms. The van der Waals surface area contributed by atoms with Crippen LogP contribution >= 0.6 is 0 Å². The topological polar surface area (TPSA) is 75.4 Å². The van der Waals surface area contributed by atoms with E-state index < -0.39 is 0 Å². The minimum atomic E-state index is -0.254. The molecule has 1 fully saturated rings. The van der Waals surface area contributed by atoms with E-state index in [1.807, 2.05) is 24.3 Å². The Kier molecular flexibility index (Phi) is 4.16. The summed E-state index contributed by atoms with van der Waals surface area (Å²) in [6.45, 7) is 3.05. The second-order valence-corrected chi connectivity index (χ2v) is 4.91. The summed E-state index contributed by atoms with van der Waals surface area (Å²) in [4.78, 5) is 24.5. The minimum Gasteiger partial charge on any atom is -0.368 e. The van der Waals surface area contributed by atoms with Crippen LogP contribution < -0.4 is 11.1 Å². The number of anilines is 1. The summed E-state index contributed by atoms with van der Waals surface area (Å²) in [6.07, 6.45) is 1.83. The van der Waals surface area contributed by atoms with E-state index in [0.29, 0.717) is 6.54 Å². The lowest BCUT2D eigenvalue weighted by Crippen LogP contribution is -2.39. The quantitative estimate of drug-likeness (QED) is 0.852. The number of benzene rings is 1. The summed E-state index contributed by atoms with van der Waals surface area (Å²) in [7, 11) is 0. The molecule has 0 bridgehead atoms. The molecule has 3 N–H and O–H groups in total. The number of hydrogen-bond donors (Lipinski definition) is 2. The summed E-state index contributed by atoms with van der Waals surface area (Å²) in [6, 6.07) is 7.50. The van der Waals surface area contributed by atoms with Crippen molar-refractivity contribution in [1.29, 1.82) is 0 Å². The van der Waals surface area contributed by atoms with Crippen LogP contribution in [0, 0.1) is 0 Å². The number of amides is 2. The molecule has 1 unspecified atom stereocenters. The van der Waals surface area contributed by atoms with Gasteiger partial charge in [-0.05, 0) is 37.1 Å². The molecule has 5 nitrogen and oxygen atoms in total. The zero-order valence-corrected chi connectivity index (χ0v) is 11.1. The largest absolute Gasteiger partial charge is 0.368 e. The Morgan fingerprint density at radius 3 is 2.95 bits per heavy atom. The van der Waals surface area contributed by atoms with Crippen molar-refractivity contribution >= 4 is 17.5 Å². The smallest absolute Gasteiger partial charge is 0.234 e. The van der Waals surface area contributed by atoms with Crippen molar-refractivity contribution < 1.29 is 9.59 Å². The first-order chi connectivity index (χ1) is 9.06. The molecule has 0 aliphatic carbocycles. The van der Waals surface area contributed by atoms with Gasteiger partial charge in [-0.3, -0.25) is 14.5 Å². The van der Waals surface area contributed by atoms with Gasteiger partial charge in [0, 0.05) is 19.2 Å². The van der Waals surface area contributed by atoms with Crippen LogP contribution in [-0.4, -0.2) is 29.3 Å². The molecular weight excluding hydrogens is 242 g/mol. The number of nitrogens with two attached hydrogens (primary N) is 1. The number of likely N-dealkylation sites (tertiary alicyclic amines) is 1. The predicted octanol–water partition coefficient (Wildman–Crippen LogP) is 1.09. The van der Waals surface area contributed by atoms with Crippen LogP contribution in [0.5, 0.6) is 0 Å². The maximum atomic E-state index is 11.3. The highest BCUT2D eigenvalue weighted by atomic mass is 16.2. The number of nitrogens with one attached hydrogen (secondary N) is 1. The van der Waals surface area contributed by atoms with Crippen LogP contribution in [0.2, 0.25) is 0 Å². The van der Waals surface area contributed by atoms with Gasteiger partial charge in [0.1, 0.15) is 0 Å². The number of nitrogens with zero attached hydrogens (tertiary/aromatic N) is 1. The zero-order valence-electron chi connectivity index (χ0n) is 11.1. The molecule has 0 radical (unpaired) electrons. The maximum absolute atomic E-state index is 11.3. The fraction of sp³-hybridized carbons (Fsp3) is 0.429. The average Bonchev–Trinajstić information content (AvgIpc) is 2.76. The van der Waals surface area contributed by atoms with Crippen molar-refractivity contribution in [2.75, 3.05) is 11.9 Å². The predicted molar refractivity (Wildman–Crippen MR) is 73.4 cm³/mol. The molecule has 2 amide bonds. The van der Waals surface area contributed by atoms with E-state index in [4.69, 9.17) is 5.73 Å².